The molecule has 0 radical (unpaired) electrons. The molecule has 0 unspecified atom stereocenters. The molecule has 28 heavy (non-hydrogen) atoms. The fraction of sp³-hybridized carbons (Fsp3) is 0.600. The number of guanidine groups is 1. The van der Waals surface area contributed by atoms with E-state index >= 15 is 0 Å². The van der Waals surface area contributed by atoms with E-state index in [0.717, 1.165) is 42.4 Å². The van der Waals surface area contributed by atoms with Crippen LogP contribution in [-0.2, 0) is 11.3 Å². The Morgan fingerprint density at radius 1 is 1.21 bits per heavy atom. The predicted octanol–water partition coefficient (Wildman–Crippen LogP) is 2.38. The van der Waals surface area contributed by atoms with Gasteiger partial charge in [0.25, 0.3) is 0 Å². The highest BCUT2D eigenvalue weighted by molar-refractivity contribution is 5.80. The zero-order chi connectivity index (χ0) is 20.4. The van der Waals surface area contributed by atoms with Gasteiger partial charge < -0.3 is 29.7 Å². The van der Waals surface area contributed by atoms with Crippen molar-refractivity contribution in [1.29, 1.82) is 0 Å². The van der Waals surface area contributed by atoms with E-state index in [9.17, 15) is 4.79 Å². The van der Waals surface area contributed by atoms with Crippen LogP contribution in [0.25, 0.3) is 0 Å². The van der Waals surface area contributed by atoms with Gasteiger partial charge in [-0.05, 0) is 38.8 Å². The summed E-state index contributed by atoms with van der Waals surface area (Å²) in [5.74, 6) is 2.26. The van der Waals surface area contributed by atoms with Crippen molar-refractivity contribution >= 4 is 12.1 Å². The average molecular weight is 393 g/mol. The minimum Gasteiger partial charge on any atom is -0.497 e. The Balaban J connectivity index is 1.95. The molecule has 1 aromatic rings. The third-order valence-electron chi connectivity index (χ3n) is 4.61. The first-order valence-corrected chi connectivity index (χ1v) is 9.78. The fourth-order valence-electron chi connectivity index (χ4n) is 3.08. The van der Waals surface area contributed by atoms with Gasteiger partial charge in [-0.25, -0.2) is 9.79 Å². The summed E-state index contributed by atoms with van der Waals surface area (Å²) in [5.41, 5.74) is 0.984. The number of benzene rings is 1. The first kappa shape index (κ1) is 21.7. The van der Waals surface area contributed by atoms with Gasteiger partial charge in [0.1, 0.15) is 11.5 Å². The summed E-state index contributed by atoms with van der Waals surface area (Å²) < 4.78 is 15.8. The molecular formula is C20H32N4O4. The number of hydrogen-bond donors (Lipinski definition) is 2. The summed E-state index contributed by atoms with van der Waals surface area (Å²) in [6.45, 7) is 6.89. The van der Waals surface area contributed by atoms with E-state index in [1.807, 2.05) is 32.0 Å². The average Bonchev–Trinajstić information content (AvgIpc) is 2.72. The Bertz CT molecular complexity index is 658. The minimum absolute atomic E-state index is 0.229. The summed E-state index contributed by atoms with van der Waals surface area (Å²) in [6.07, 6.45) is 1.48. The van der Waals surface area contributed by atoms with Crippen LogP contribution >= 0.6 is 0 Å². The molecule has 1 saturated heterocycles. The van der Waals surface area contributed by atoms with Gasteiger partial charge in [0.2, 0.25) is 0 Å². The number of hydrogen-bond acceptors (Lipinski definition) is 5. The van der Waals surface area contributed by atoms with Crippen molar-refractivity contribution in [1.82, 2.24) is 15.5 Å². The van der Waals surface area contributed by atoms with E-state index in [4.69, 9.17) is 19.2 Å². The summed E-state index contributed by atoms with van der Waals surface area (Å²) in [5, 5.41) is 6.76. The first-order chi connectivity index (χ1) is 13.6. The van der Waals surface area contributed by atoms with E-state index in [2.05, 4.69) is 10.6 Å². The van der Waals surface area contributed by atoms with Crippen molar-refractivity contribution in [2.75, 3.05) is 40.5 Å². The van der Waals surface area contributed by atoms with Gasteiger partial charge in [0, 0.05) is 37.3 Å². The summed E-state index contributed by atoms with van der Waals surface area (Å²) >= 11 is 0. The minimum atomic E-state index is -0.229. The molecule has 0 aliphatic carbocycles. The van der Waals surface area contributed by atoms with Crippen LogP contribution in [0.15, 0.2) is 23.2 Å². The molecule has 8 nitrogen and oxygen atoms in total. The van der Waals surface area contributed by atoms with Crippen molar-refractivity contribution < 1.29 is 19.0 Å². The van der Waals surface area contributed by atoms with Crippen LogP contribution < -0.4 is 20.1 Å². The second-order valence-electron chi connectivity index (χ2n) is 6.48. The third-order valence-corrected chi connectivity index (χ3v) is 4.61. The van der Waals surface area contributed by atoms with Gasteiger partial charge in [-0.1, -0.05) is 0 Å². The number of carbonyl (C=O) groups is 1. The van der Waals surface area contributed by atoms with E-state index < -0.39 is 0 Å². The van der Waals surface area contributed by atoms with Crippen LogP contribution in [0, 0.1) is 0 Å². The maximum atomic E-state index is 11.8. The second kappa shape index (κ2) is 11.3. The summed E-state index contributed by atoms with van der Waals surface area (Å²) in [6, 6.07) is 5.98. The number of piperidine rings is 1. The zero-order valence-corrected chi connectivity index (χ0v) is 17.3. The molecule has 0 saturated carbocycles. The SMILES string of the molecule is CCNC(=NCc1ccc(OC)cc1OC)NC1CCN(C(=O)OCC)CC1. The van der Waals surface area contributed by atoms with E-state index in [-0.39, 0.29) is 12.1 Å². The van der Waals surface area contributed by atoms with Gasteiger partial charge in [-0.15, -0.1) is 0 Å². The molecule has 2 rings (SSSR count). The quantitative estimate of drug-likeness (QED) is 0.548. The number of nitrogens with zero attached hydrogens (tertiary/aromatic N) is 2. The Kier molecular flexibility index (Phi) is 8.71. The summed E-state index contributed by atoms with van der Waals surface area (Å²) in [7, 11) is 3.27. The number of nitrogens with one attached hydrogen (secondary N) is 2. The molecule has 1 aromatic carbocycles. The fourth-order valence-corrected chi connectivity index (χ4v) is 3.08. The Hall–Kier alpha value is -2.64. The van der Waals surface area contributed by atoms with E-state index in [1.165, 1.54) is 0 Å². The lowest BCUT2D eigenvalue weighted by Crippen LogP contribution is -2.49. The number of aliphatic imine (C=N–C) groups is 1. The molecule has 1 fully saturated rings. The standard InChI is InChI=1S/C20H32N4O4/c1-5-21-19(22-14-15-7-8-17(26-3)13-18(15)27-4)23-16-9-11-24(12-10-16)20(25)28-6-2/h7-8,13,16H,5-6,9-12,14H2,1-4H3,(H2,21,22,23). The van der Waals surface area contributed by atoms with Gasteiger partial charge in [0.15, 0.2) is 5.96 Å². The van der Waals surface area contributed by atoms with Crippen molar-refractivity contribution in [3.63, 3.8) is 0 Å². The van der Waals surface area contributed by atoms with E-state index in [1.54, 1.807) is 19.1 Å². The molecule has 0 bridgehead atoms. The largest absolute Gasteiger partial charge is 0.497 e. The topological polar surface area (TPSA) is 84.4 Å². The third kappa shape index (κ3) is 6.21. The maximum absolute atomic E-state index is 11.8. The molecule has 0 aromatic heterocycles. The van der Waals surface area contributed by atoms with Crippen molar-refractivity contribution in [2.45, 2.75) is 39.3 Å². The van der Waals surface area contributed by atoms with Crippen LogP contribution in [0.3, 0.4) is 0 Å². The second-order valence-corrected chi connectivity index (χ2v) is 6.48. The van der Waals surface area contributed by atoms with Crippen molar-refractivity contribution in [2.24, 2.45) is 4.99 Å². The van der Waals surface area contributed by atoms with Gasteiger partial charge in [-0.2, -0.15) is 0 Å². The molecule has 8 heteroatoms. The lowest BCUT2D eigenvalue weighted by Gasteiger charge is -2.32. The molecule has 156 valence electrons. The number of carbonyl (C=O) groups excluding carboxylic acids is 1. The normalized spacial score (nSPS) is 15.1. The monoisotopic (exact) mass is 392 g/mol. The smallest absolute Gasteiger partial charge is 0.409 e. The zero-order valence-electron chi connectivity index (χ0n) is 17.3. The summed E-state index contributed by atoms with van der Waals surface area (Å²) in [4.78, 5) is 18.3. The van der Waals surface area contributed by atoms with Gasteiger partial charge in [0.05, 0.1) is 27.4 Å². The number of rotatable bonds is 7. The Morgan fingerprint density at radius 3 is 2.57 bits per heavy atom. The highest BCUT2D eigenvalue weighted by Gasteiger charge is 2.24. The molecule has 1 aliphatic heterocycles. The molecular weight excluding hydrogens is 360 g/mol. The lowest BCUT2D eigenvalue weighted by atomic mass is 10.1. The Morgan fingerprint density at radius 2 is 1.96 bits per heavy atom. The molecule has 1 heterocycles. The Labute approximate surface area is 167 Å². The number of ether oxygens (including phenoxy) is 3. The van der Waals surface area contributed by atoms with Crippen LogP contribution in [0.5, 0.6) is 11.5 Å². The first-order valence-electron chi connectivity index (χ1n) is 9.78. The number of amides is 1. The van der Waals surface area contributed by atoms with Crippen LogP contribution in [0.2, 0.25) is 0 Å². The van der Waals surface area contributed by atoms with E-state index in [0.29, 0.717) is 26.2 Å². The van der Waals surface area contributed by atoms with Crippen LogP contribution in [-0.4, -0.2) is 63.5 Å². The molecule has 1 aliphatic rings. The number of methoxy groups -OCH3 is 2. The molecule has 0 spiro atoms. The lowest BCUT2D eigenvalue weighted by molar-refractivity contribution is 0.0963. The highest BCUT2D eigenvalue weighted by Crippen LogP contribution is 2.25. The van der Waals surface area contributed by atoms with Crippen molar-refractivity contribution in [3.05, 3.63) is 23.8 Å². The molecule has 1 amide bonds. The van der Waals surface area contributed by atoms with Gasteiger partial charge >= 0.3 is 6.09 Å². The molecule has 0 atom stereocenters. The highest BCUT2D eigenvalue weighted by atomic mass is 16.6. The van der Waals surface area contributed by atoms with Crippen LogP contribution in [0.4, 0.5) is 4.79 Å². The predicted molar refractivity (Wildman–Crippen MR) is 109 cm³/mol. The number of likely N-dealkylation sites (tertiary alicyclic amines) is 1. The van der Waals surface area contributed by atoms with Crippen molar-refractivity contribution in [3.8, 4) is 11.5 Å². The van der Waals surface area contributed by atoms with Crippen LogP contribution in [0.1, 0.15) is 32.3 Å². The maximum Gasteiger partial charge on any atom is 0.409 e. The van der Waals surface area contributed by atoms with Gasteiger partial charge in [-0.3, -0.25) is 0 Å². The molecule has 2 N–H and O–H groups in total.